The fourth-order valence-electron chi connectivity index (χ4n) is 1.90. The molecule has 2 aromatic heterocycles. The minimum absolute atomic E-state index is 0.146. The largest absolute Gasteiger partial charge is 0.478 e. The Morgan fingerprint density at radius 2 is 1.89 bits per heavy atom. The molecule has 0 saturated heterocycles. The van der Waals surface area contributed by atoms with Crippen molar-refractivity contribution in [3.05, 3.63) is 47.4 Å². The smallest absolute Gasteiger partial charge is 0.335 e. The van der Waals surface area contributed by atoms with Crippen molar-refractivity contribution in [2.24, 2.45) is 0 Å². The predicted octanol–water partition coefficient (Wildman–Crippen LogP) is 2.98. The average Bonchev–Trinajstić information content (AvgIpc) is 2.85. The summed E-state index contributed by atoms with van der Waals surface area (Å²) in [4.78, 5) is 22.1. The summed E-state index contributed by atoms with van der Waals surface area (Å²) in [5.74, 6) is -0.959. The molecule has 2 heterocycles. The molecule has 19 heavy (non-hydrogen) atoms. The molecule has 2 N–H and O–H groups in total. The number of fused-ring (bicyclic) bond motifs is 1. The predicted molar refractivity (Wildman–Crippen MR) is 71.3 cm³/mol. The van der Waals surface area contributed by atoms with Crippen LogP contribution < -0.4 is 0 Å². The minimum atomic E-state index is -0.959. The van der Waals surface area contributed by atoms with Crippen molar-refractivity contribution in [3.8, 4) is 11.3 Å². The minimum Gasteiger partial charge on any atom is -0.478 e. The number of hydrogen-bond acceptors (Lipinski definition) is 3. The van der Waals surface area contributed by atoms with Gasteiger partial charge < -0.3 is 10.1 Å². The first-order valence-electron chi connectivity index (χ1n) is 5.49. The van der Waals surface area contributed by atoms with Crippen LogP contribution in [0.3, 0.4) is 0 Å². The Hall–Kier alpha value is -2.40. The summed E-state index contributed by atoms with van der Waals surface area (Å²) >= 11 is 5.88. The highest BCUT2D eigenvalue weighted by molar-refractivity contribution is 6.28. The number of aromatic nitrogens is 3. The van der Waals surface area contributed by atoms with Crippen molar-refractivity contribution in [3.63, 3.8) is 0 Å². The van der Waals surface area contributed by atoms with Gasteiger partial charge in [-0.05, 0) is 29.8 Å². The molecule has 0 fully saturated rings. The Bertz CT molecular complexity index is 765. The lowest BCUT2D eigenvalue weighted by Crippen LogP contribution is -1.96. The summed E-state index contributed by atoms with van der Waals surface area (Å²) < 4.78 is 0. The number of aromatic amines is 1. The lowest BCUT2D eigenvalue weighted by molar-refractivity contribution is 0.0697. The molecule has 0 atom stereocenters. The number of halogens is 1. The van der Waals surface area contributed by atoms with Crippen molar-refractivity contribution < 1.29 is 9.90 Å². The second-order valence-corrected chi connectivity index (χ2v) is 4.30. The van der Waals surface area contributed by atoms with Gasteiger partial charge in [-0.25, -0.2) is 9.78 Å². The van der Waals surface area contributed by atoms with Crippen LogP contribution in [0.25, 0.3) is 22.3 Å². The van der Waals surface area contributed by atoms with Gasteiger partial charge in [-0.2, -0.15) is 4.98 Å². The molecule has 0 aliphatic heterocycles. The number of carboxylic acids is 1. The zero-order valence-electron chi connectivity index (χ0n) is 9.59. The number of benzene rings is 1. The summed E-state index contributed by atoms with van der Waals surface area (Å²) in [6, 6.07) is 8.33. The Morgan fingerprint density at radius 3 is 2.58 bits per heavy atom. The van der Waals surface area contributed by atoms with Crippen LogP contribution in [0.4, 0.5) is 0 Å². The fraction of sp³-hybridized carbons (Fsp3) is 0. The summed E-state index contributed by atoms with van der Waals surface area (Å²) in [6.45, 7) is 0. The average molecular weight is 274 g/mol. The highest BCUT2D eigenvalue weighted by Gasteiger charge is 2.10. The highest BCUT2D eigenvalue weighted by atomic mass is 35.5. The third-order valence-electron chi connectivity index (χ3n) is 2.79. The number of carboxylic acid groups (broad SMARTS) is 1. The molecule has 0 aliphatic rings. The van der Waals surface area contributed by atoms with E-state index in [-0.39, 0.29) is 10.8 Å². The highest BCUT2D eigenvalue weighted by Crippen LogP contribution is 2.26. The maximum atomic E-state index is 10.8. The van der Waals surface area contributed by atoms with Crippen molar-refractivity contribution in [1.29, 1.82) is 0 Å². The molecular formula is C13H8ClN3O2. The maximum Gasteiger partial charge on any atom is 0.335 e. The third kappa shape index (κ3) is 2.04. The molecule has 0 unspecified atom stereocenters. The molecular weight excluding hydrogens is 266 g/mol. The van der Waals surface area contributed by atoms with Crippen LogP contribution in [-0.2, 0) is 0 Å². The number of nitrogens with one attached hydrogen (secondary N) is 1. The van der Waals surface area contributed by atoms with Crippen LogP contribution >= 0.6 is 11.6 Å². The molecule has 0 bridgehead atoms. The first kappa shape index (κ1) is 11.7. The molecule has 0 amide bonds. The molecule has 5 nitrogen and oxygen atoms in total. The van der Waals surface area contributed by atoms with Gasteiger partial charge in [0.1, 0.15) is 5.65 Å². The standard InChI is InChI=1S/C13H8ClN3O2/c14-13-16-10(9-5-6-15-11(9)17-13)7-1-3-8(4-2-7)12(18)19/h1-6H,(H,18,19)(H,15,16,17). The van der Waals surface area contributed by atoms with Crippen molar-refractivity contribution in [1.82, 2.24) is 15.0 Å². The monoisotopic (exact) mass is 273 g/mol. The van der Waals surface area contributed by atoms with E-state index in [1.54, 1.807) is 18.3 Å². The van der Waals surface area contributed by atoms with Crippen molar-refractivity contribution in [2.45, 2.75) is 0 Å². The van der Waals surface area contributed by atoms with Gasteiger partial charge in [0.05, 0.1) is 11.3 Å². The van der Waals surface area contributed by atoms with Crippen molar-refractivity contribution in [2.75, 3.05) is 0 Å². The van der Waals surface area contributed by atoms with Gasteiger partial charge >= 0.3 is 5.97 Å². The number of H-pyrrole nitrogens is 1. The summed E-state index contributed by atoms with van der Waals surface area (Å²) in [6.07, 6.45) is 1.75. The molecule has 6 heteroatoms. The molecule has 3 rings (SSSR count). The van der Waals surface area contributed by atoms with Gasteiger partial charge in [0.25, 0.3) is 0 Å². The van der Waals surface area contributed by atoms with Crippen LogP contribution in [-0.4, -0.2) is 26.0 Å². The Balaban J connectivity index is 2.18. The van der Waals surface area contributed by atoms with Crippen LogP contribution in [0.5, 0.6) is 0 Å². The van der Waals surface area contributed by atoms with Crippen molar-refractivity contribution >= 4 is 28.6 Å². The normalized spacial score (nSPS) is 10.8. The van der Waals surface area contributed by atoms with Gasteiger partial charge in [0, 0.05) is 17.1 Å². The van der Waals surface area contributed by atoms with E-state index < -0.39 is 5.97 Å². The number of hydrogen-bond donors (Lipinski definition) is 2. The summed E-state index contributed by atoms with van der Waals surface area (Å²) in [5, 5.41) is 9.86. The topological polar surface area (TPSA) is 78.9 Å². The van der Waals surface area contributed by atoms with Gasteiger partial charge in [-0.1, -0.05) is 12.1 Å². The molecule has 0 aliphatic carbocycles. The van der Waals surface area contributed by atoms with Gasteiger partial charge in [0.2, 0.25) is 5.28 Å². The van der Waals surface area contributed by atoms with Crippen LogP contribution in [0.15, 0.2) is 36.5 Å². The van der Waals surface area contributed by atoms with E-state index >= 15 is 0 Å². The van der Waals surface area contributed by atoms with Crippen LogP contribution in [0, 0.1) is 0 Å². The van der Waals surface area contributed by atoms with E-state index in [4.69, 9.17) is 16.7 Å². The quantitative estimate of drug-likeness (QED) is 0.704. The molecule has 3 aromatic rings. The van der Waals surface area contributed by atoms with E-state index in [1.807, 2.05) is 6.07 Å². The first-order valence-corrected chi connectivity index (χ1v) is 5.87. The fourth-order valence-corrected chi connectivity index (χ4v) is 2.07. The van der Waals surface area contributed by atoms with Gasteiger partial charge in [-0.15, -0.1) is 0 Å². The zero-order valence-corrected chi connectivity index (χ0v) is 10.3. The summed E-state index contributed by atoms with van der Waals surface area (Å²) in [5.41, 5.74) is 2.35. The number of aromatic carboxylic acids is 1. The Morgan fingerprint density at radius 1 is 1.16 bits per heavy atom. The number of rotatable bonds is 2. The van der Waals surface area contributed by atoms with Crippen LogP contribution in [0.2, 0.25) is 5.28 Å². The summed E-state index contributed by atoms with van der Waals surface area (Å²) in [7, 11) is 0. The SMILES string of the molecule is O=C(O)c1ccc(-c2nc(Cl)nc3[nH]ccc23)cc1. The number of carbonyl (C=O) groups is 1. The zero-order chi connectivity index (χ0) is 13.4. The Labute approximate surface area is 112 Å². The second kappa shape index (κ2) is 4.37. The maximum absolute atomic E-state index is 10.8. The van der Waals surface area contributed by atoms with E-state index in [9.17, 15) is 4.79 Å². The van der Waals surface area contributed by atoms with E-state index in [1.165, 1.54) is 12.1 Å². The molecule has 0 spiro atoms. The van der Waals surface area contributed by atoms with Gasteiger partial charge in [-0.3, -0.25) is 0 Å². The lowest BCUT2D eigenvalue weighted by Gasteiger charge is -2.03. The molecule has 0 saturated carbocycles. The van der Waals surface area contributed by atoms with Gasteiger partial charge in [0.15, 0.2) is 0 Å². The molecule has 0 radical (unpaired) electrons. The van der Waals surface area contributed by atoms with E-state index in [0.717, 1.165) is 10.9 Å². The third-order valence-corrected chi connectivity index (χ3v) is 2.96. The van der Waals surface area contributed by atoms with E-state index in [2.05, 4.69) is 15.0 Å². The lowest BCUT2D eigenvalue weighted by atomic mass is 10.1. The van der Waals surface area contributed by atoms with Crippen LogP contribution in [0.1, 0.15) is 10.4 Å². The number of nitrogens with zero attached hydrogens (tertiary/aromatic N) is 2. The second-order valence-electron chi connectivity index (χ2n) is 3.96. The van der Waals surface area contributed by atoms with E-state index in [0.29, 0.717) is 11.3 Å². The molecule has 1 aromatic carbocycles. The first-order chi connectivity index (χ1) is 9.15. The Kier molecular flexibility index (Phi) is 2.68. The molecule has 94 valence electrons.